The Labute approximate surface area is 68.3 Å². The van der Waals surface area contributed by atoms with Gasteiger partial charge in [0.15, 0.2) is 0 Å². The summed E-state index contributed by atoms with van der Waals surface area (Å²) in [6, 6.07) is 0. The van der Waals surface area contributed by atoms with Gasteiger partial charge in [0.05, 0.1) is 12.3 Å². The van der Waals surface area contributed by atoms with E-state index in [1.807, 2.05) is 6.92 Å². The van der Waals surface area contributed by atoms with E-state index in [1.165, 1.54) is 0 Å². The molecule has 0 aliphatic carbocycles. The molecule has 0 aliphatic heterocycles. The van der Waals surface area contributed by atoms with Crippen molar-refractivity contribution in [2.24, 2.45) is 0 Å². The van der Waals surface area contributed by atoms with Crippen molar-refractivity contribution in [1.82, 2.24) is 0 Å². The molecule has 0 amide bonds. The number of hydrogen-bond acceptors (Lipinski definition) is 2. The standard InChI is InChI=1S/C7H17O3P/c1-4-5-6-10-11(8,9)7(2)3/h7H,4-6H2,1-3H3,(H,8,9). The number of unbranched alkanes of at least 4 members (excludes halogenated alkanes) is 1. The van der Waals surface area contributed by atoms with E-state index in [-0.39, 0.29) is 5.66 Å². The third kappa shape index (κ3) is 4.57. The molecule has 0 aromatic rings. The molecular formula is C7H17O3P. The Kier molecular flexibility index (Phi) is 4.98. The molecule has 0 rings (SSSR count). The number of hydrogen-bond donors (Lipinski definition) is 1. The second kappa shape index (κ2) is 4.91. The molecule has 4 heteroatoms. The van der Waals surface area contributed by atoms with Crippen LogP contribution in [0.15, 0.2) is 0 Å². The van der Waals surface area contributed by atoms with Crippen molar-refractivity contribution in [3.8, 4) is 0 Å². The van der Waals surface area contributed by atoms with Gasteiger partial charge >= 0.3 is 7.60 Å². The van der Waals surface area contributed by atoms with Gasteiger partial charge in [-0.2, -0.15) is 0 Å². The fraction of sp³-hybridized carbons (Fsp3) is 1.00. The molecule has 0 bridgehead atoms. The molecular weight excluding hydrogens is 163 g/mol. The highest BCUT2D eigenvalue weighted by molar-refractivity contribution is 7.53. The van der Waals surface area contributed by atoms with Crippen molar-refractivity contribution in [2.45, 2.75) is 39.3 Å². The van der Waals surface area contributed by atoms with Gasteiger partial charge in [0, 0.05) is 0 Å². The van der Waals surface area contributed by atoms with E-state index in [4.69, 9.17) is 9.42 Å². The van der Waals surface area contributed by atoms with E-state index in [0.717, 1.165) is 12.8 Å². The van der Waals surface area contributed by atoms with Crippen LogP contribution in [0, 0.1) is 0 Å². The maximum atomic E-state index is 11.1. The van der Waals surface area contributed by atoms with Gasteiger partial charge in [-0.25, -0.2) is 0 Å². The Morgan fingerprint density at radius 2 is 2.09 bits per heavy atom. The Morgan fingerprint density at radius 1 is 1.55 bits per heavy atom. The van der Waals surface area contributed by atoms with Crippen LogP contribution in [0.3, 0.4) is 0 Å². The van der Waals surface area contributed by atoms with Crippen molar-refractivity contribution in [2.75, 3.05) is 6.61 Å². The van der Waals surface area contributed by atoms with Crippen LogP contribution < -0.4 is 0 Å². The van der Waals surface area contributed by atoms with Crippen LogP contribution in [0.4, 0.5) is 0 Å². The average molecular weight is 180 g/mol. The lowest BCUT2D eigenvalue weighted by molar-refractivity contribution is 0.249. The highest BCUT2D eigenvalue weighted by Gasteiger charge is 2.23. The van der Waals surface area contributed by atoms with Crippen LogP contribution >= 0.6 is 7.60 Å². The van der Waals surface area contributed by atoms with Gasteiger partial charge in [0.1, 0.15) is 0 Å². The molecule has 0 aromatic carbocycles. The van der Waals surface area contributed by atoms with Gasteiger partial charge in [-0.3, -0.25) is 4.57 Å². The molecule has 68 valence electrons. The monoisotopic (exact) mass is 180 g/mol. The highest BCUT2D eigenvalue weighted by atomic mass is 31.2. The Morgan fingerprint density at radius 3 is 2.45 bits per heavy atom. The molecule has 0 heterocycles. The molecule has 0 aliphatic rings. The summed E-state index contributed by atoms with van der Waals surface area (Å²) in [6.45, 7) is 5.78. The van der Waals surface area contributed by atoms with Crippen LogP contribution in [0.25, 0.3) is 0 Å². The zero-order valence-corrected chi connectivity index (χ0v) is 8.30. The van der Waals surface area contributed by atoms with Crippen LogP contribution in [-0.4, -0.2) is 17.2 Å². The van der Waals surface area contributed by atoms with E-state index in [0.29, 0.717) is 6.61 Å². The molecule has 0 spiro atoms. The molecule has 1 N–H and O–H groups in total. The van der Waals surface area contributed by atoms with Crippen molar-refractivity contribution in [3.63, 3.8) is 0 Å². The summed E-state index contributed by atoms with van der Waals surface area (Å²) < 4.78 is 16.0. The van der Waals surface area contributed by atoms with Gasteiger partial charge in [-0.05, 0) is 6.42 Å². The van der Waals surface area contributed by atoms with Gasteiger partial charge in [-0.1, -0.05) is 27.2 Å². The van der Waals surface area contributed by atoms with Gasteiger partial charge in [-0.15, -0.1) is 0 Å². The van der Waals surface area contributed by atoms with Crippen molar-refractivity contribution >= 4 is 7.60 Å². The molecule has 1 atom stereocenters. The summed E-state index contributed by atoms with van der Waals surface area (Å²) in [5, 5.41) is 0. The Balaban J connectivity index is 3.65. The third-order valence-corrected chi connectivity index (χ3v) is 3.28. The highest BCUT2D eigenvalue weighted by Crippen LogP contribution is 2.46. The maximum Gasteiger partial charge on any atom is 0.330 e. The summed E-state index contributed by atoms with van der Waals surface area (Å²) >= 11 is 0. The second-order valence-electron chi connectivity index (χ2n) is 2.84. The molecule has 3 nitrogen and oxygen atoms in total. The first-order valence-electron chi connectivity index (χ1n) is 3.97. The van der Waals surface area contributed by atoms with Crippen LogP contribution in [0.5, 0.6) is 0 Å². The third-order valence-electron chi connectivity index (χ3n) is 1.43. The van der Waals surface area contributed by atoms with Crippen LogP contribution in [0.1, 0.15) is 33.6 Å². The minimum atomic E-state index is -3.29. The van der Waals surface area contributed by atoms with Crippen LogP contribution in [-0.2, 0) is 9.09 Å². The number of rotatable bonds is 5. The summed E-state index contributed by atoms with van der Waals surface area (Å²) in [5.74, 6) is 0. The largest absolute Gasteiger partial charge is 0.330 e. The average Bonchev–Trinajstić information content (AvgIpc) is 1.88. The van der Waals surface area contributed by atoms with E-state index in [2.05, 4.69) is 0 Å². The lowest BCUT2D eigenvalue weighted by Gasteiger charge is -2.14. The fourth-order valence-corrected chi connectivity index (χ4v) is 1.18. The Bertz CT molecular complexity index is 145. The van der Waals surface area contributed by atoms with Crippen molar-refractivity contribution in [3.05, 3.63) is 0 Å². The van der Waals surface area contributed by atoms with Crippen molar-refractivity contribution in [1.29, 1.82) is 0 Å². The molecule has 0 radical (unpaired) electrons. The minimum Gasteiger partial charge on any atom is -0.324 e. The maximum absolute atomic E-state index is 11.1. The topological polar surface area (TPSA) is 46.5 Å². The second-order valence-corrected chi connectivity index (χ2v) is 5.26. The van der Waals surface area contributed by atoms with E-state index >= 15 is 0 Å². The lowest BCUT2D eigenvalue weighted by atomic mass is 10.4. The normalized spacial score (nSPS) is 16.8. The first-order chi connectivity index (χ1) is 5.00. The molecule has 0 aromatic heterocycles. The molecule has 1 unspecified atom stereocenters. The van der Waals surface area contributed by atoms with Gasteiger partial charge in [0.2, 0.25) is 0 Å². The zero-order valence-electron chi connectivity index (χ0n) is 7.41. The first-order valence-corrected chi connectivity index (χ1v) is 5.62. The van der Waals surface area contributed by atoms with E-state index in [9.17, 15) is 4.57 Å². The van der Waals surface area contributed by atoms with Crippen molar-refractivity contribution < 1.29 is 14.0 Å². The first kappa shape index (κ1) is 11.2. The van der Waals surface area contributed by atoms with Gasteiger partial charge in [0.25, 0.3) is 0 Å². The van der Waals surface area contributed by atoms with E-state index < -0.39 is 7.60 Å². The molecule has 0 saturated heterocycles. The summed E-state index contributed by atoms with van der Waals surface area (Å²) in [5.41, 5.74) is -0.292. The molecule has 0 saturated carbocycles. The zero-order chi connectivity index (χ0) is 8.91. The summed E-state index contributed by atoms with van der Waals surface area (Å²) in [6.07, 6.45) is 1.83. The quantitative estimate of drug-likeness (QED) is 0.522. The summed E-state index contributed by atoms with van der Waals surface area (Å²) in [7, 11) is -3.29. The fourth-order valence-electron chi connectivity index (χ4n) is 0.489. The lowest BCUT2D eigenvalue weighted by Crippen LogP contribution is -2.02. The van der Waals surface area contributed by atoms with Crippen LogP contribution in [0.2, 0.25) is 0 Å². The van der Waals surface area contributed by atoms with E-state index in [1.54, 1.807) is 13.8 Å². The molecule has 11 heavy (non-hydrogen) atoms. The van der Waals surface area contributed by atoms with Gasteiger partial charge < -0.3 is 9.42 Å². The predicted octanol–water partition coefficient (Wildman–Crippen LogP) is 2.40. The summed E-state index contributed by atoms with van der Waals surface area (Å²) in [4.78, 5) is 9.15. The minimum absolute atomic E-state index is 0.292. The Hall–Kier alpha value is 0.150. The predicted molar refractivity (Wildman–Crippen MR) is 45.8 cm³/mol. The SMILES string of the molecule is CCCCOP(=O)(O)C(C)C. The molecule has 0 fully saturated rings. The smallest absolute Gasteiger partial charge is 0.324 e.